The molecular weight excluding hydrogens is 323 g/mol. The summed E-state index contributed by atoms with van der Waals surface area (Å²) >= 11 is 11.7. The molecule has 2 rings (SSSR count). The van der Waals surface area contributed by atoms with Gasteiger partial charge in [0.2, 0.25) is 10.0 Å². The number of amides is 1. The number of carbonyl (C=O) groups is 1. The van der Waals surface area contributed by atoms with Crippen molar-refractivity contribution in [2.45, 2.75) is 18.2 Å². The van der Waals surface area contributed by atoms with Crippen LogP contribution in [0.15, 0.2) is 17.0 Å². The quantitative estimate of drug-likeness (QED) is 0.881. The van der Waals surface area contributed by atoms with Gasteiger partial charge in [0.05, 0.1) is 15.6 Å². The first-order chi connectivity index (χ1) is 9.20. The van der Waals surface area contributed by atoms with Crippen LogP contribution in [-0.2, 0) is 10.0 Å². The Hall–Kier alpha value is -0.820. The highest BCUT2D eigenvalue weighted by atomic mass is 35.5. The molecule has 0 aliphatic heterocycles. The minimum atomic E-state index is -4.00. The lowest BCUT2D eigenvalue weighted by Crippen LogP contribution is -2.26. The van der Waals surface area contributed by atoms with Crippen LogP contribution < -0.4 is 10.5 Å². The van der Waals surface area contributed by atoms with Crippen molar-refractivity contribution in [2.75, 3.05) is 6.54 Å². The van der Waals surface area contributed by atoms with Crippen molar-refractivity contribution < 1.29 is 13.2 Å². The number of halogens is 2. The second kappa shape index (κ2) is 5.52. The standard InChI is InChI=1S/C12H14Cl2N2O3S/c1-6-2-7(6)5-16-12(17)8-3-11(20(15,18)19)10(14)4-9(8)13/h3-4,6-7H,2,5H2,1H3,(H,16,17)(H2,15,18,19). The van der Waals surface area contributed by atoms with E-state index in [1.54, 1.807) is 0 Å². The first-order valence-corrected chi connectivity index (χ1v) is 8.30. The number of primary sulfonamides is 1. The van der Waals surface area contributed by atoms with Gasteiger partial charge in [-0.2, -0.15) is 0 Å². The molecule has 0 heterocycles. The zero-order valence-corrected chi connectivity index (χ0v) is 13.0. The van der Waals surface area contributed by atoms with E-state index in [2.05, 4.69) is 12.2 Å². The molecule has 2 atom stereocenters. The molecule has 0 aromatic heterocycles. The van der Waals surface area contributed by atoms with E-state index in [0.29, 0.717) is 18.4 Å². The van der Waals surface area contributed by atoms with E-state index in [-0.39, 0.29) is 20.5 Å². The van der Waals surface area contributed by atoms with Gasteiger partial charge in [0.1, 0.15) is 4.90 Å². The predicted molar refractivity (Wildman–Crippen MR) is 77.4 cm³/mol. The van der Waals surface area contributed by atoms with Crippen LogP contribution in [-0.4, -0.2) is 20.9 Å². The lowest BCUT2D eigenvalue weighted by molar-refractivity contribution is 0.0951. The van der Waals surface area contributed by atoms with E-state index in [1.807, 2.05) is 0 Å². The summed E-state index contributed by atoms with van der Waals surface area (Å²) in [5, 5.41) is 7.75. The van der Waals surface area contributed by atoms with Crippen molar-refractivity contribution in [3.05, 3.63) is 27.7 Å². The number of nitrogens with two attached hydrogens (primary N) is 1. The van der Waals surface area contributed by atoms with Gasteiger partial charge in [-0.05, 0) is 30.4 Å². The Balaban J connectivity index is 2.24. The molecule has 1 aromatic rings. The lowest BCUT2D eigenvalue weighted by Gasteiger charge is -2.09. The van der Waals surface area contributed by atoms with E-state index in [0.717, 1.165) is 12.5 Å². The normalized spacial score (nSPS) is 21.6. The molecule has 1 saturated carbocycles. The van der Waals surface area contributed by atoms with Gasteiger partial charge in [-0.1, -0.05) is 30.1 Å². The maximum Gasteiger partial charge on any atom is 0.252 e. The highest BCUT2D eigenvalue weighted by Crippen LogP contribution is 2.37. The van der Waals surface area contributed by atoms with Gasteiger partial charge in [0, 0.05) is 6.54 Å². The third-order valence-electron chi connectivity index (χ3n) is 3.37. The fourth-order valence-electron chi connectivity index (χ4n) is 1.92. The molecule has 1 amide bonds. The van der Waals surface area contributed by atoms with Crippen LogP contribution in [0.2, 0.25) is 10.0 Å². The van der Waals surface area contributed by atoms with Gasteiger partial charge in [-0.25, -0.2) is 13.6 Å². The summed E-state index contributed by atoms with van der Waals surface area (Å²) in [7, 11) is -4.00. The summed E-state index contributed by atoms with van der Waals surface area (Å²) in [5.74, 6) is 0.648. The Morgan fingerprint density at radius 2 is 2.00 bits per heavy atom. The Kier molecular flexibility index (Phi) is 4.30. The number of hydrogen-bond acceptors (Lipinski definition) is 3. The van der Waals surface area contributed by atoms with Crippen molar-refractivity contribution in [1.82, 2.24) is 5.32 Å². The second-order valence-corrected chi connectivity index (χ2v) is 7.33. The van der Waals surface area contributed by atoms with E-state index in [1.165, 1.54) is 6.07 Å². The molecule has 1 aliphatic rings. The second-order valence-electron chi connectivity index (χ2n) is 4.99. The molecule has 0 saturated heterocycles. The smallest absolute Gasteiger partial charge is 0.252 e. The molecule has 20 heavy (non-hydrogen) atoms. The number of hydrogen-bond donors (Lipinski definition) is 2. The highest BCUT2D eigenvalue weighted by Gasteiger charge is 2.32. The molecule has 0 spiro atoms. The average Bonchev–Trinajstić information content (AvgIpc) is 3.00. The number of rotatable bonds is 4. The molecule has 0 bridgehead atoms. The van der Waals surface area contributed by atoms with Crippen molar-refractivity contribution >= 4 is 39.1 Å². The summed E-state index contributed by atoms with van der Waals surface area (Å²) in [6.07, 6.45) is 1.08. The fraction of sp³-hybridized carbons (Fsp3) is 0.417. The molecular formula is C12H14Cl2N2O3S. The van der Waals surface area contributed by atoms with Crippen LogP contribution in [0, 0.1) is 11.8 Å². The van der Waals surface area contributed by atoms with Crippen LogP contribution in [0.25, 0.3) is 0 Å². The SMILES string of the molecule is CC1CC1CNC(=O)c1cc(S(N)(=O)=O)c(Cl)cc1Cl. The zero-order valence-electron chi connectivity index (χ0n) is 10.7. The maximum absolute atomic E-state index is 12.0. The maximum atomic E-state index is 12.0. The summed E-state index contributed by atoms with van der Waals surface area (Å²) in [6.45, 7) is 2.65. The minimum absolute atomic E-state index is 0.0494. The molecule has 0 radical (unpaired) electrons. The molecule has 2 unspecified atom stereocenters. The Morgan fingerprint density at radius 1 is 1.40 bits per heavy atom. The van der Waals surface area contributed by atoms with E-state index in [9.17, 15) is 13.2 Å². The zero-order chi connectivity index (χ0) is 15.1. The Morgan fingerprint density at radius 3 is 2.50 bits per heavy atom. The number of carbonyl (C=O) groups excluding carboxylic acids is 1. The fourth-order valence-corrected chi connectivity index (χ4v) is 3.33. The molecule has 1 aromatic carbocycles. The van der Waals surface area contributed by atoms with Crippen LogP contribution >= 0.6 is 23.2 Å². The number of nitrogens with one attached hydrogen (secondary N) is 1. The first kappa shape index (κ1) is 15.6. The van der Waals surface area contributed by atoms with Gasteiger partial charge < -0.3 is 5.32 Å². The van der Waals surface area contributed by atoms with E-state index in [4.69, 9.17) is 28.3 Å². The van der Waals surface area contributed by atoms with Gasteiger partial charge in [0.15, 0.2) is 0 Å². The van der Waals surface area contributed by atoms with Gasteiger partial charge in [0.25, 0.3) is 5.91 Å². The summed E-state index contributed by atoms with van der Waals surface area (Å²) in [4.78, 5) is 11.7. The van der Waals surface area contributed by atoms with Crippen molar-refractivity contribution in [3.8, 4) is 0 Å². The van der Waals surface area contributed by atoms with E-state index >= 15 is 0 Å². The minimum Gasteiger partial charge on any atom is -0.352 e. The highest BCUT2D eigenvalue weighted by molar-refractivity contribution is 7.89. The Labute approximate surface area is 127 Å². The predicted octanol–water partition coefficient (Wildman–Crippen LogP) is 2.03. The van der Waals surface area contributed by atoms with Crippen LogP contribution in [0.3, 0.4) is 0 Å². The number of sulfonamides is 1. The average molecular weight is 337 g/mol. The largest absolute Gasteiger partial charge is 0.352 e. The van der Waals surface area contributed by atoms with Gasteiger partial charge in [-0.15, -0.1) is 0 Å². The van der Waals surface area contributed by atoms with E-state index < -0.39 is 15.9 Å². The first-order valence-electron chi connectivity index (χ1n) is 6.00. The Bertz CT molecular complexity index is 661. The summed E-state index contributed by atoms with van der Waals surface area (Å²) < 4.78 is 22.8. The molecule has 8 heteroatoms. The molecule has 1 fully saturated rings. The van der Waals surface area contributed by atoms with Crippen LogP contribution in [0.5, 0.6) is 0 Å². The van der Waals surface area contributed by atoms with Crippen LogP contribution in [0.1, 0.15) is 23.7 Å². The molecule has 5 nitrogen and oxygen atoms in total. The molecule has 1 aliphatic carbocycles. The molecule has 110 valence electrons. The number of benzene rings is 1. The van der Waals surface area contributed by atoms with Gasteiger partial charge in [-0.3, -0.25) is 4.79 Å². The van der Waals surface area contributed by atoms with Crippen LogP contribution in [0.4, 0.5) is 0 Å². The third kappa shape index (κ3) is 3.44. The molecule has 3 N–H and O–H groups in total. The van der Waals surface area contributed by atoms with Crippen molar-refractivity contribution in [2.24, 2.45) is 17.0 Å². The summed E-state index contributed by atoms with van der Waals surface area (Å²) in [6, 6.07) is 2.31. The van der Waals surface area contributed by atoms with Gasteiger partial charge >= 0.3 is 0 Å². The lowest BCUT2D eigenvalue weighted by atomic mass is 10.2. The summed E-state index contributed by atoms with van der Waals surface area (Å²) in [5.41, 5.74) is 0.0494. The monoisotopic (exact) mass is 336 g/mol. The van der Waals surface area contributed by atoms with Crippen molar-refractivity contribution in [1.29, 1.82) is 0 Å². The third-order valence-corrected chi connectivity index (χ3v) is 5.06. The topological polar surface area (TPSA) is 89.3 Å². The van der Waals surface area contributed by atoms with Crippen molar-refractivity contribution in [3.63, 3.8) is 0 Å².